The molecule has 0 radical (unpaired) electrons. The average molecular weight is 222 g/mol. The highest BCUT2D eigenvalue weighted by atomic mass is 35.5. The first-order chi connectivity index (χ1) is 7.13. The molecular weight excluding hydrogens is 214 g/mol. The molecule has 3 nitrogen and oxygen atoms in total. The van der Waals surface area contributed by atoms with E-state index >= 15 is 0 Å². The maximum Gasteiger partial charge on any atom is 0.178 e. The number of carbonyl (C=O) groups excluding carboxylic acids is 2. The van der Waals surface area contributed by atoms with Crippen LogP contribution in [-0.2, 0) is 0 Å². The molecule has 1 rings (SSSR count). The topological polar surface area (TPSA) is 57.9 Å². The predicted molar refractivity (Wildman–Crippen MR) is 56.3 cm³/mol. The van der Waals surface area contributed by atoms with Gasteiger partial charge in [0, 0.05) is 11.1 Å². The second kappa shape index (κ2) is 4.72. The van der Waals surface area contributed by atoms with Gasteiger partial charge >= 0.3 is 0 Å². The van der Waals surface area contributed by atoms with Crippen molar-refractivity contribution in [3.63, 3.8) is 0 Å². The molecule has 1 aromatic carbocycles. The lowest BCUT2D eigenvalue weighted by Crippen LogP contribution is -2.06. The van der Waals surface area contributed by atoms with Crippen molar-refractivity contribution in [2.24, 2.45) is 0 Å². The minimum absolute atomic E-state index is 0.200. The number of rotatable bonds is 3. The van der Waals surface area contributed by atoms with Crippen LogP contribution in [0.25, 0.3) is 0 Å². The van der Waals surface area contributed by atoms with E-state index in [9.17, 15) is 9.59 Å². The number of Topliss-reactive ketones (excluding diaryl/α,β-unsaturated/α-hetero) is 1. The third kappa shape index (κ3) is 2.23. The monoisotopic (exact) mass is 221 g/mol. The van der Waals surface area contributed by atoms with Gasteiger partial charge in [-0.2, -0.15) is 5.26 Å². The van der Waals surface area contributed by atoms with Crippen LogP contribution >= 0.6 is 11.6 Å². The van der Waals surface area contributed by atoms with E-state index in [0.29, 0.717) is 17.4 Å². The summed E-state index contributed by atoms with van der Waals surface area (Å²) in [6, 6.07) is 4.88. The molecule has 0 aliphatic carbocycles. The van der Waals surface area contributed by atoms with Gasteiger partial charge in [0.15, 0.2) is 12.1 Å². The first kappa shape index (κ1) is 11.4. The van der Waals surface area contributed by atoms with Crippen molar-refractivity contribution in [1.29, 1.82) is 5.26 Å². The third-order valence-corrected chi connectivity index (χ3v) is 2.31. The lowest BCUT2D eigenvalue weighted by atomic mass is 9.98. The molecule has 0 unspecified atom stereocenters. The van der Waals surface area contributed by atoms with Crippen molar-refractivity contribution in [3.05, 3.63) is 34.4 Å². The summed E-state index contributed by atoms with van der Waals surface area (Å²) in [4.78, 5) is 22.1. The third-order valence-electron chi connectivity index (χ3n) is 2.07. The summed E-state index contributed by atoms with van der Waals surface area (Å²) in [5.41, 5.74) is 1.54. The maximum absolute atomic E-state index is 11.4. The largest absolute Gasteiger partial charge is 0.298 e. The summed E-state index contributed by atoms with van der Waals surface area (Å²) >= 11 is 5.40. The van der Waals surface area contributed by atoms with E-state index in [2.05, 4.69) is 0 Å². The summed E-state index contributed by atoms with van der Waals surface area (Å²) in [5, 5.41) is 8.78. The Morgan fingerprint density at radius 3 is 2.73 bits per heavy atom. The van der Waals surface area contributed by atoms with Gasteiger partial charge in [0.25, 0.3) is 0 Å². The number of halogens is 1. The standard InChI is InChI=1S/C11H8ClNO2/c1-7-2-9(6-14)10(11(15)4-12)3-8(7)5-13/h2-3,6H,4H2,1H3. The molecule has 0 amide bonds. The van der Waals surface area contributed by atoms with Crippen LogP contribution in [0.1, 0.15) is 31.8 Å². The van der Waals surface area contributed by atoms with Crippen molar-refractivity contribution in [2.45, 2.75) is 6.92 Å². The van der Waals surface area contributed by atoms with Gasteiger partial charge in [-0.05, 0) is 24.6 Å². The number of nitriles is 1. The van der Waals surface area contributed by atoms with Gasteiger partial charge in [-0.3, -0.25) is 9.59 Å². The quantitative estimate of drug-likeness (QED) is 0.446. The van der Waals surface area contributed by atoms with Gasteiger partial charge in [-0.1, -0.05) is 0 Å². The summed E-state index contributed by atoms with van der Waals surface area (Å²) in [6.45, 7) is 1.71. The second-order valence-corrected chi connectivity index (χ2v) is 3.31. The number of aldehydes is 1. The molecule has 0 N–H and O–H groups in total. The van der Waals surface area contributed by atoms with Crippen LogP contribution < -0.4 is 0 Å². The second-order valence-electron chi connectivity index (χ2n) is 3.04. The van der Waals surface area contributed by atoms with E-state index in [1.807, 2.05) is 6.07 Å². The van der Waals surface area contributed by atoms with Crippen LogP contribution in [0.5, 0.6) is 0 Å². The molecule has 1 aromatic rings. The zero-order chi connectivity index (χ0) is 11.4. The first-order valence-corrected chi connectivity index (χ1v) is 4.76. The normalized spacial score (nSPS) is 9.40. The van der Waals surface area contributed by atoms with E-state index in [0.717, 1.165) is 0 Å². The number of hydrogen-bond acceptors (Lipinski definition) is 3. The Bertz CT molecular complexity index is 460. The number of aryl methyl sites for hydroxylation is 1. The fourth-order valence-corrected chi connectivity index (χ4v) is 1.41. The van der Waals surface area contributed by atoms with E-state index in [4.69, 9.17) is 16.9 Å². The predicted octanol–water partition coefficient (Wildman–Crippen LogP) is 2.10. The molecule has 15 heavy (non-hydrogen) atoms. The van der Waals surface area contributed by atoms with E-state index in [1.54, 1.807) is 6.92 Å². The van der Waals surface area contributed by atoms with Gasteiger partial charge in [0.2, 0.25) is 0 Å². The van der Waals surface area contributed by atoms with Crippen LogP contribution in [0.2, 0.25) is 0 Å². The summed E-state index contributed by atoms with van der Waals surface area (Å²) in [7, 11) is 0. The molecule has 0 saturated carbocycles. The molecule has 76 valence electrons. The van der Waals surface area contributed by atoms with Gasteiger partial charge in [-0.15, -0.1) is 11.6 Å². The SMILES string of the molecule is Cc1cc(C=O)c(C(=O)CCl)cc1C#N. The molecule has 0 fully saturated rings. The Kier molecular flexibility index (Phi) is 3.59. The molecule has 0 aliphatic rings. The van der Waals surface area contributed by atoms with Crippen molar-refractivity contribution in [2.75, 3.05) is 5.88 Å². The minimum atomic E-state index is -0.352. The number of benzene rings is 1. The molecule has 0 heterocycles. The van der Waals surface area contributed by atoms with Crippen LogP contribution in [0.4, 0.5) is 0 Å². The number of nitrogens with zero attached hydrogens (tertiary/aromatic N) is 1. The molecule has 0 bridgehead atoms. The minimum Gasteiger partial charge on any atom is -0.298 e. The zero-order valence-electron chi connectivity index (χ0n) is 8.08. The summed E-state index contributed by atoms with van der Waals surface area (Å²) < 4.78 is 0. The highest BCUT2D eigenvalue weighted by Gasteiger charge is 2.12. The van der Waals surface area contributed by atoms with Crippen LogP contribution in [0, 0.1) is 18.3 Å². The van der Waals surface area contributed by atoms with Gasteiger partial charge in [-0.25, -0.2) is 0 Å². The Balaban J connectivity index is 3.43. The van der Waals surface area contributed by atoms with Gasteiger partial charge in [0.05, 0.1) is 17.5 Å². The molecular formula is C11H8ClNO2. The van der Waals surface area contributed by atoms with Crippen molar-refractivity contribution in [3.8, 4) is 6.07 Å². The average Bonchev–Trinajstić information content (AvgIpc) is 2.27. The lowest BCUT2D eigenvalue weighted by molar-refractivity contribution is 0.101. The molecule has 0 spiro atoms. The van der Waals surface area contributed by atoms with E-state index in [1.165, 1.54) is 12.1 Å². The molecule has 0 aliphatic heterocycles. The fourth-order valence-electron chi connectivity index (χ4n) is 1.26. The van der Waals surface area contributed by atoms with Crippen molar-refractivity contribution in [1.82, 2.24) is 0 Å². The maximum atomic E-state index is 11.4. The molecule has 0 atom stereocenters. The molecule has 0 saturated heterocycles. The highest BCUT2D eigenvalue weighted by Crippen LogP contribution is 2.15. The van der Waals surface area contributed by atoms with E-state index < -0.39 is 0 Å². The summed E-state index contributed by atoms with van der Waals surface area (Å²) in [6.07, 6.45) is 0.591. The fraction of sp³-hybridized carbons (Fsp3) is 0.182. The van der Waals surface area contributed by atoms with Crippen LogP contribution in [-0.4, -0.2) is 17.9 Å². The van der Waals surface area contributed by atoms with Crippen LogP contribution in [0.15, 0.2) is 12.1 Å². The Morgan fingerprint density at radius 2 is 2.27 bits per heavy atom. The number of hydrogen-bond donors (Lipinski definition) is 0. The van der Waals surface area contributed by atoms with Gasteiger partial charge < -0.3 is 0 Å². The van der Waals surface area contributed by atoms with Gasteiger partial charge in [0.1, 0.15) is 0 Å². The Morgan fingerprint density at radius 1 is 1.60 bits per heavy atom. The lowest BCUT2D eigenvalue weighted by Gasteiger charge is -2.04. The first-order valence-electron chi connectivity index (χ1n) is 4.23. The Hall–Kier alpha value is -1.66. The molecule has 0 aromatic heterocycles. The molecule has 4 heteroatoms. The Labute approximate surface area is 92.3 Å². The number of ketones is 1. The number of carbonyl (C=O) groups is 2. The van der Waals surface area contributed by atoms with Crippen molar-refractivity contribution >= 4 is 23.7 Å². The van der Waals surface area contributed by atoms with Crippen LogP contribution in [0.3, 0.4) is 0 Å². The van der Waals surface area contributed by atoms with Crippen molar-refractivity contribution < 1.29 is 9.59 Å². The highest BCUT2D eigenvalue weighted by molar-refractivity contribution is 6.31. The smallest absolute Gasteiger partial charge is 0.178 e. The number of alkyl halides is 1. The summed E-state index contributed by atoms with van der Waals surface area (Å²) in [5.74, 6) is -0.551. The zero-order valence-corrected chi connectivity index (χ0v) is 8.84. The van der Waals surface area contributed by atoms with E-state index in [-0.39, 0.29) is 22.8 Å².